The summed E-state index contributed by atoms with van der Waals surface area (Å²) in [5.74, 6) is 4.69. The molecule has 4 heteroatoms. The van der Waals surface area contributed by atoms with Crippen molar-refractivity contribution in [2.75, 3.05) is 6.54 Å². The fraction of sp³-hybridized carbons (Fsp3) is 0.821. The normalized spacial score (nSPS) is 51.8. The highest BCUT2D eigenvalue weighted by Gasteiger charge is 2.61. The zero-order valence-electron chi connectivity index (χ0n) is 20.4. The quantitative estimate of drug-likeness (QED) is 0.560. The van der Waals surface area contributed by atoms with E-state index < -0.39 is 0 Å². The van der Waals surface area contributed by atoms with Crippen LogP contribution in [-0.4, -0.2) is 34.5 Å². The summed E-state index contributed by atoms with van der Waals surface area (Å²) in [6.45, 7) is 11.1. The number of hydrogen-bond acceptors (Lipinski definition) is 3. The molecule has 0 bridgehead atoms. The first-order valence-electron chi connectivity index (χ1n) is 13.5. The number of nitrogens with zero attached hydrogens (tertiary/aromatic N) is 1. The number of nitrogens with one attached hydrogen (secondary N) is 2. The highest BCUT2D eigenvalue weighted by molar-refractivity contribution is 5.37. The summed E-state index contributed by atoms with van der Waals surface area (Å²) in [4.78, 5) is 0. The summed E-state index contributed by atoms with van der Waals surface area (Å²) in [5.41, 5.74) is 6.83. The maximum Gasteiger partial charge on any atom is 0.0937 e. The lowest BCUT2D eigenvalue weighted by atomic mass is 9.52. The van der Waals surface area contributed by atoms with Gasteiger partial charge in [0.25, 0.3) is 0 Å². The van der Waals surface area contributed by atoms with E-state index in [2.05, 4.69) is 49.4 Å². The van der Waals surface area contributed by atoms with Crippen LogP contribution in [0.3, 0.4) is 0 Å². The molecule has 3 heterocycles. The van der Waals surface area contributed by atoms with Crippen LogP contribution >= 0.6 is 0 Å². The first kappa shape index (κ1) is 20.3. The van der Waals surface area contributed by atoms with Gasteiger partial charge in [0.05, 0.1) is 17.9 Å². The average Bonchev–Trinajstić information content (AvgIpc) is 3.44. The second-order valence-electron chi connectivity index (χ2n) is 12.9. The number of aromatic amines is 1. The predicted octanol–water partition coefficient (Wildman–Crippen LogP) is 5.06. The third-order valence-corrected chi connectivity index (χ3v) is 11.7. The molecule has 4 nitrogen and oxygen atoms in total. The lowest BCUT2D eigenvalue weighted by Crippen LogP contribution is -2.49. The molecule has 174 valence electrons. The van der Waals surface area contributed by atoms with Crippen molar-refractivity contribution in [3.8, 4) is 0 Å². The zero-order valence-corrected chi connectivity index (χ0v) is 20.4. The molecule has 6 aliphatic rings. The van der Waals surface area contributed by atoms with Crippen LogP contribution in [0.1, 0.15) is 77.5 Å². The van der Waals surface area contributed by atoms with E-state index in [4.69, 9.17) is 4.74 Å². The largest absolute Gasteiger partial charge is 0.365 e. The van der Waals surface area contributed by atoms with Gasteiger partial charge in [0.15, 0.2) is 0 Å². The number of allylic oxidation sites excluding steroid dienone is 1. The average molecular weight is 436 g/mol. The monoisotopic (exact) mass is 435 g/mol. The van der Waals surface area contributed by atoms with Crippen LogP contribution in [-0.2, 0) is 17.6 Å². The molecule has 2 saturated heterocycles. The Bertz CT molecular complexity index is 966. The molecule has 1 aromatic heterocycles. The van der Waals surface area contributed by atoms with Crippen LogP contribution in [0.5, 0.6) is 0 Å². The van der Waals surface area contributed by atoms with Crippen molar-refractivity contribution in [1.29, 1.82) is 0 Å². The molecule has 1 aromatic rings. The fourth-order valence-electron chi connectivity index (χ4n) is 9.91. The van der Waals surface area contributed by atoms with E-state index in [0.29, 0.717) is 23.5 Å². The van der Waals surface area contributed by atoms with Crippen molar-refractivity contribution >= 4 is 0 Å². The van der Waals surface area contributed by atoms with Crippen LogP contribution < -0.4 is 5.32 Å². The van der Waals surface area contributed by atoms with Crippen molar-refractivity contribution in [2.24, 2.45) is 40.9 Å². The minimum atomic E-state index is -0.00365. The molecule has 10 atom stereocenters. The Morgan fingerprint density at radius 1 is 1.16 bits per heavy atom. The molecule has 0 radical (unpaired) electrons. The van der Waals surface area contributed by atoms with Crippen LogP contribution in [0.15, 0.2) is 17.3 Å². The summed E-state index contributed by atoms with van der Waals surface area (Å²) in [6.07, 6.45) is 13.0. The maximum absolute atomic E-state index is 7.09. The van der Waals surface area contributed by atoms with Gasteiger partial charge in [-0.25, -0.2) is 0 Å². The Morgan fingerprint density at radius 2 is 2.03 bits per heavy atom. The third-order valence-electron chi connectivity index (χ3n) is 11.7. The van der Waals surface area contributed by atoms with Crippen molar-refractivity contribution in [3.05, 3.63) is 28.6 Å². The smallest absolute Gasteiger partial charge is 0.0937 e. The Kier molecular flexibility index (Phi) is 4.25. The molecule has 2 saturated carbocycles. The molecule has 0 amide bonds. The second-order valence-corrected chi connectivity index (χ2v) is 12.9. The van der Waals surface area contributed by atoms with Crippen LogP contribution in [0.4, 0.5) is 0 Å². The molecule has 2 aliphatic heterocycles. The van der Waals surface area contributed by atoms with Crippen LogP contribution in [0, 0.1) is 40.9 Å². The number of rotatable bonds is 0. The van der Waals surface area contributed by atoms with Crippen molar-refractivity contribution in [3.63, 3.8) is 0 Å². The van der Waals surface area contributed by atoms with E-state index in [0.717, 1.165) is 36.1 Å². The number of H-pyrrole nitrogens is 1. The SMILES string of the molecule is CC1=C2C[C@H]3[C@@H](CC[C@@H]4Cc5[nH]ncc5C[C@@]43C)C2CC[C@]12O[C@@H]1C[C@H](C)CN[C@H]1[C@H]2C. The van der Waals surface area contributed by atoms with E-state index >= 15 is 0 Å². The van der Waals surface area contributed by atoms with Gasteiger partial charge in [-0.1, -0.05) is 26.3 Å². The van der Waals surface area contributed by atoms with E-state index in [-0.39, 0.29) is 5.60 Å². The molecule has 32 heavy (non-hydrogen) atoms. The van der Waals surface area contributed by atoms with Crippen molar-refractivity contribution < 1.29 is 4.74 Å². The molecular formula is C28H41N3O. The molecule has 1 spiro atoms. The number of ether oxygens (including phenoxy) is 1. The number of aromatic nitrogens is 2. The maximum atomic E-state index is 7.09. The molecule has 0 aromatic carbocycles. The van der Waals surface area contributed by atoms with Crippen molar-refractivity contribution in [2.45, 2.75) is 96.8 Å². The van der Waals surface area contributed by atoms with Gasteiger partial charge in [-0.3, -0.25) is 5.10 Å². The van der Waals surface area contributed by atoms with Gasteiger partial charge in [0.2, 0.25) is 0 Å². The number of fused-ring (bicyclic) bond motifs is 7. The number of piperidine rings is 1. The van der Waals surface area contributed by atoms with Crippen LogP contribution in [0.2, 0.25) is 0 Å². The van der Waals surface area contributed by atoms with Crippen LogP contribution in [0.25, 0.3) is 0 Å². The van der Waals surface area contributed by atoms with E-state index in [1.807, 2.05) is 5.57 Å². The summed E-state index contributed by atoms with van der Waals surface area (Å²) in [6, 6.07) is 0.543. The molecule has 1 unspecified atom stereocenters. The first-order valence-corrected chi connectivity index (χ1v) is 13.5. The fourth-order valence-corrected chi connectivity index (χ4v) is 9.91. The van der Waals surface area contributed by atoms with E-state index in [1.165, 1.54) is 62.6 Å². The number of hydrogen-bond donors (Lipinski definition) is 2. The minimum Gasteiger partial charge on any atom is -0.365 e. The Labute approximate surface area is 193 Å². The first-order chi connectivity index (χ1) is 15.4. The topological polar surface area (TPSA) is 49.9 Å². The summed E-state index contributed by atoms with van der Waals surface area (Å²) in [7, 11) is 0. The van der Waals surface area contributed by atoms with E-state index in [9.17, 15) is 0 Å². The Hall–Kier alpha value is -1.13. The standard InChI is InChI=1S/C28H41N3O/c1-15-9-25-26(29-13-15)17(3)28(32-25)8-7-20-21-6-5-19-10-24-18(14-30-31-24)12-27(19,4)23(21)11-22(20)16(28)2/h14-15,17,19-21,23,25-26,29H,5-13H2,1-4H3,(H,30,31)/t15-,17+,19+,20?,21-,23-,25+,26-,27-,28-/m0/s1. The van der Waals surface area contributed by atoms with Gasteiger partial charge in [-0.15, -0.1) is 0 Å². The van der Waals surface area contributed by atoms with Gasteiger partial charge in [-0.2, -0.15) is 5.10 Å². The van der Waals surface area contributed by atoms with Gasteiger partial charge < -0.3 is 10.1 Å². The highest BCUT2D eigenvalue weighted by Crippen LogP contribution is 2.65. The van der Waals surface area contributed by atoms with E-state index in [1.54, 1.807) is 5.57 Å². The van der Waals surface area contributed by atoms with Gasteiger partial charge in [-0.05, 0) is 111 Å². The predicted molar refractivity (Wildman–Crippen MR) is 126 cm³/mol. The Morgan fingerprint density at radius 3 is 2.91 bits per heavy atom. The summed E-state index contributed by atoms with van der Waals surface area (Å²) >= 11 is 0. The van der Waals surface area contributed by atoms with Gasteiger partial charge in [0.1, 0.15) is 0 Å². The minimum absolute atomic E-state index is 0.00365. The third kappa shape index (κ3) is 2.49. The van der Waals surface area contributed by atoms with Gasteiger partial charge in [0, 0.05) is 17.7 Å². The molecule has 4 fully saturated rings. The molecule has 7 rings (SSSR count). The molecule has 4 aliphatic carbocycles. The van der Waals surface area contributed by atoms with Crippen molar-refractivity contribution in [1.82, 2.24) is 15.5 Å². The molecular weight excluding hydrogens is 394 g/mol. The molecule has 2 N–H and O–H groups in total. The van der Waals surface area contributed by atoms with Gasteiger partial charge >= 0.3 is 0 Å². The lowest BCUT2D eigenvalue weighted by Gasteiger charge is -2.52. The summed E-state index contributed by atoms with van der Waals surface area (Å²) in [5, 5.41) is 11.6. The highest BCUT2D eigenvalue weighted by atomic mass is 16.5. The zero-order chi connectivity index (χ0) is 21.8. The lowest BCUT2D eigenvalue weighted by molar-refractivity contribution is -0.0570. The Balaban J connectivity index is 1.24. The summed E-state index contributed by atoms with van der Waals surface area (Å²) < 4.78 is 7.09. The second kappa shape index (κ2) is 6.72.